The Morgan fingerprint density at radius 2 is 2.00 bits per heavy atom. The number of ether oxygens (including phenoxy) is 1. The van der Waals surface area contributed by atoms with Crippen LogP contribution in [0.2, 0.25) is 5.02 Å². The molecule has 0 bridgehead atoms. The van der Waals surface area contributed by atoms with Crippen LogP contribution in [-0.4, -0.2) is 34.2 Å². The molecule has 0 radical (unpaired) electrons. The molecular formula is C21H14ClN3O5. The lowest BCUT2D eigenvalue weighted by Gasteiger charge is -2.20. The second-order valence-electron chi connectivity index (χ2n) is 6.17. The van der Waals surface area contributed by atoms with Crippen molar-refractivity contribution in [3.05, 3.63) is 71.6 Å². The largest absolute Gasteiger partial charge is 0.478 e. The van der Waals surface area contributed by atoms with E-state index in [0.717, 1.165) is 10.5 Å². The number of hydrogen-bond acceptors (Lipinski definition) is 6. The Kier molecular flexibility index (Phi) is 5.07. The van der Waals surface area contributed by atoms with Gasteiger partial charge >= 0.3 is 12.1 Å². The van der Waals surface area contributed by atoms with Gasteiger partial charge < -0.3 is 14.3 Å². The molecule has 0 aliphatic carbocycles. The second kappa shape index (κ2) is 7.84. The predicted molar refractivity (Wildman–Crippen MR) is 110 cm³/mol. The van der Waals surface area contributed by atoms with Gasteiger partial charge in [-0.1, -0.05) is 17.7 Å². The summed E-state index contributed by atoms with van der Waals surface area (Å²) in [5.74, 6) is -1.21. The summed E-state index contributed by atoms with van der Waals surface area (Å²) in [7, 11) is 1.19. The third-order valence-corrected chi connectivity index (χ3v) is 4.70. The molecule has 2 heterocycles. The summed E-state index contributed by atoms with van der Waals surface area (Å²) < 4.78 is 10.7. The highest BCUT2D eigenvalue weighted by Crippen LogP contribution is 2.37. The number of carbonyl (C=O) groups excluding carboxylic acids is 1. The van der Waals surface area contributed by atoms with Crippen molar-refractivity contribution in [2.24, 2.45) is 0 Å². The summed E-state index contributed by atoms with van der Waals surface area (Å²) in [5.41, 5.74) is 1.75. The fourth-order valence-corrected chi connectivity index (χ4v) is 3.31. The molecule has 0 spiro atoms. The van der Waals surface area contributed by atoms with Crippen LogP contribution in [0.15, 0.2) is 65.5 Å². The zero-order chi connectivity index (χ0) is 21.3. The van der Waals surface area contributed by atoms with Gasteiger partial charge in [-0.2, -0.15) is 0 Å². The van der Waals surface area contributed by atoms with Crippen LogP contribution in [0.5, 0.6) is 0 Å². The van der Waals surface area contributed by atoms with Crippen molar-refractivity contribution in [2.45, 2.75) is 0 Å². The third kappa shape index (κ3) is 3.44. The molecule has 150 valence electrons. The lowest BCUT2D eigenvalue weighted by molar-refractivity contribution is 0.0698. The molecule has 1 amide bonds. The van der Waals surface area contributed by atoms with Gasteiger partial charge in [0.2, 0.25) is 5.88 Å². The number of hydrogen-bond donors (Lipinski definition) is 1. The predicted octanol–water partition coefficient (Wildman–Crippen LogP) is 5.15. The summed E-state index contributed by atoms with van der Waals surface area (Å²) in [6.07, 6.45) is 3.98. The zero-order valence-electron chi connectivity index (χ0n) is 15.6. The molecule has 0 aliphatic heterocycles. The van der Waals surface area contributed by atoms with Crippen molar-refractivity contribution < 1.29 is 23.8 Å². The van der Waals surface area contributed by atoms with Crippen LogP contribution < -0.4 is 4.90 Å². The SMILES string of the molecule is COC(=O)N(c1cc2cc(-c3cnccn3)ccc2o1)c1cccc(Cl)c1C(=O)O. The maximum Gasteiger partial charge on any atom is 0.421 e. The summed E-state index contributed by atoms with van der Waals surface area (Å²) in [6.45, 7) is 0. The van der Waals surface area contributed by atoms with E-state index in [9.17, 15) is 14.7 Å². The molecule has 0 saturated heterocycles. The molecule has 0 unspecified atom stereocenters. The lowest BCUT2D eigenvalue weighted by atomic mass is 10.1. The van der Waals surface area contributed by atoms with Crippen LogP contribution in [0.1, 0.15) is 10.4 Å². The van der Waals surface area contributed by atoms with Crippen LogP contribution >= 0.6 is 11.6 Å². The number of aromatic nitrogens is 2. The van der Waals surface area contributed by atoms with Crippen LogP contribution in [0.3, 0.4) is 0 Å². The summed E-state index contributed by atoms with van der Waals surface area (Å²) in [4.78, 5) is 33.7. The average Bonchev–Trinajstić information content (AvgIpc) is 3.16. The number of carbonyl (C=O) groups is 2. The van der Waals surface area contributed by atoms with E-state index in [2.05, 4.69) is 9.97 Å². The molecule has 0 atom stereocenters. The van der Waals surface area contributed by atoms with Gasteiger partial charge in [0.05, 0.1) is 29.7 Å². The second-order valence-corrected chi connectivity index (χ2v) is 6.58. The number of amides is 1. The van der Waals surface area contributed by atoms with Gasteiger partial charge in [-0.3, -0.25) is 9.97 Å². The summed E-state index contributed by atoms with van der Waals surface area (Å²) in [6, 6.07) is 11.4. The Morgan fingerprint density at radius 1 is 1.17 bits per heavy atom. The summed E-state index contributed by atoms with van der Waals surface area (Å²) >= 11 is 6.07. The van der Waals surface area contributed by atoms with E-state index in [1.165, 1.54) is 25.3 Å². The summed E-state index contributed by atoms with van der Waals surface area (Å²) in [5, 5.41) is 10.3. The van der Waals surface area contributed by atoms with Gasteiger partial charge in [-0.05, 0) is 30.3 Å². The van der Waals surface area contributed by atoms with Crippen LogP contribution in [-0.2, 0) is 4.74 Å². The van der Waals surface area contributed by atoms with Crippen molar-refractivity contribution in [3.8, 4) is 11.3 Å². The highest BCUT2D eigenvalue weighted by molar-refractivity contribution is 6.34. The number of nitrogens with zero attached hydrogens (tertiary/aromatic N) is 3. The molecule has 4 aromatic rings. The molecule has 0 fully saturated rings. The minimum atomic E-state index is -1.29. The highest BCUT2D eigenvalue weighted by atomic mass is 35.5. The first-order valence-electron chi connectivity index (χ1n) is 8.69. The molecule has 2 aromatic carbocycles. The van der Waals surface area contributed by atoms with Crippen molar-refractivity contribution in [1.82, 2.24) is 9.97 Å². The van der Waals surface area contributed by atoms with Crippen molar-refractivity contribution in [3.63, 3.8) is 0 Å². The van der Waals surface area contributed by atoms with E-state index in [-0.39, 0.29) is 22.2 Å². The highest BCUT2D eigenvalue weighted by Gasteiger charge is 2.28. The first-order chi connectivity index (χ1) is 14.5. The van der Waals surface area contributed by atoms with Gasteiger partial charge in [-0.25, -0.2) is 14.5 Å². The van der Waals surface area contributed by atoms with E-state index in [1.807, 2.05) is 12.1 Å². The molecule has 30 heavy (non-hydrogen) atoms. The number of carboxylic acids is 1. The molecule has 0 aliphatic rings. The Bertz CT molecular complexity index is 1260. The van der Waals surface area contributed by atoms with E-state index in [4.69, 9.17) is 20.8 Å². The monoisotopic (exact) mass is 423 g/mol. The molecule has 0 saturated carbocycles. The first-order valence-corrected chi connectivity index (χ1v) is 9.07. The fourth-order valence-electron chi connectivity index (χ4n) is 3.06. The smallest absolute Gasteiger partial charge is 0.421 e. The lowest BCUT2D eigenvalue weighted by Crippen LogP contribution is -2.27. The third-order valence-electron chi connectivity index (χ3n) is 4.39. The number of furan rings is 1. The number of fused-ring (bicyclic) bond motifs is 1. The topological polar surface area (TPSA) is 106 Å². The van der Waals surface area contributed by atoms with Crippen molar-refractivity contribution >= 4 is 46.2 Å². The molecule has 8 nitrogen and oxygen atoms in total. The van der Waals surface area contributed by atoms with Crippen LogP contribution in [0.25, 0.3) is 22.2 Å². The number of carboxylic acid groups (broad SMARTS) is 1. The minimum Gasteiger partial charge on any atom is -0.478 e. The minimum absolute atomic E-state index is 0.0186. The number of halogens is 1. The first kappa shape index (κ1) is 19.4. The maximum absolute atomic E-state index is 12.6. The molecule has 4 rings (SSSR count). The number of rotatable bonds is 4. The van der Waals surface area contributed by atoms with Gasteiger partial charge in [0.1, 0.15) is 11.1 Å². The van der Waals surface area contributed by atoms with Crippen molar-refractivity contribution in [1.29, 1.82) is 0 Å². The van der Waals surface area contributed by atoms with E-state index < -0.39 is 12.1 Å². The van der Waals surface area contributed by atoms with E-state index in [1.54, 1.807) is 30.7 Å². The average molecular weight is 424 g/mol. The molecule has 2 aromatic heterocycles. The van der Waals surface area contributed by atoms with Gasteiger partial charge in [0.15, 0.2) is 0 Å². The number of benzene rings is 2. The van der Waals surface area contributed by atoms with Crippen LogP contribution in [0, 0.1) is 0 Å². The number of methoxy groups -OCH3 is 1. The van der Waals surface area contributed by atoms with Gasteiger partial charge in [-0.15, -0.1) is 0 Å². The van der Waals surface area contributed by atoms with Gasteiger partial charge in [0, 0.05) is 29.4 Å². The van der Waals surface area contributed by atoms with E-state index >= 15 is 0 Å². The Balaban J connectivity index is 1.86. The van der Waals surface area contributed by atoms with Crippen molar-refractivity contribution in [2.75, 3.05) is 12.0 Å². The van der Waals surface area contributed by atoms with Gasteiger partial charge in [0.25, 0.3) is 0 Å². The van der Waals surface area contributed by atoms with Crippen LogP contribution in [0.4, 0.5) is 16.4 Å². The molecule has 9 heteroatoms. The Hall–Kier alpha value is -3.91. The molecule has 1 N–H and O–H groups in total. The maximum atomic E-state index is 12.6. The molecular weight excluding hydrogens is 410 g/mol. The number of anilines is 2. The zero-order valence-corrected chi connectivity index (χ0v) is 16.3. The standard InChI is InChI=1S/C21H14ClN3O5/c1-29-21(28)25(16-4-2-3-14(22)19(16)20(26)27)18-10-13-9-12(5-6-17(13)30-18)15-11-23-7-8-24-15/h2-11H,1H3,(H,26,27). The Labute approximate surface area is 175 Å². The quantitative estimate of drug-likeness (QED) is 0.484. The van der Waals surface area contributed by atoms with E-state index in [0.29, 0.717) is 16.7 Å². The number of aromatic carboxylic acids is 1. The normalized spacial score (nSPS) is 10.7. The Morgan fingerprint density at radius 3 is 2.70 bits per heavy atom. The fraction of sp³-hybridized carbons (Fsp3) is 0.0476.